The lowest BCUT2D eigenvalue weighted by molar-refractivity contribution is 0.0795. The number of aryl methyl sites for hydroxylation is 1. The fourth-order valence-electron chi connectivity index (χ4n) is 5.29. The van der Waals surface area contributed by atoms with E-state index in [0.29, 0.717) is 5.41 Å². The maximum absolute atomic E-state index is 8.88. The standard InChI is InChI=1S/C18H25N.H3O4P/c1-12-6-7-15-14(13(12)2)11-17-16-5-3-4-8-18(15,16)9-10-19-17;1-5(2,3)4/h6-7,16-17,19H,3-5,8-11H2,1-2H3;(H3,1,2,3,4)/t16-,17+,18-;/m0./s1. The lowest BCUT2D eigenvalue weighted by Crippen LogP contribution is -2.59. The van der Waals surface area contributed by atoms with Gasteiger partial charge < -0.3 is 20.0 Å². The number of phosphoric acid groups is 1. The van der Waals surface area contributed by atoms with Gasteiger partial charge in [-0.3, -0.25) is 0 Å². The number of rotatable bonds is 0. The molecule has 24 heavy (non-hydrogen) atoms. The third-order valence-electron chi connectivity index (χ3n) is 6.39. The SMILES string of the molecule is Cc1ccc2c(c1C)C[C@H]1NCC[C@@]23CCCC[C@@H]13.O=P(O)(O)O. The van der Waals surface area contributed by atoms with Gasteiger partial charge >= 0.3 is 7.82 Å². The zero-order chi connectivity index (χ0) is 17.5. The van der Waals surface area contributed by atoms with Crippen molar-refractivity contribution in [2.45, 2.75) is 63.8 Å². The molecule has 134 valence electrons. The summed E-state index contributed by atoms with van der Waals surface area (Å²) < 4.78 is 8.88. The quantitative estimate of drug-likeness (QED) is 0.539. The number of hydrogen-bond acceptors (Lipinski definition) is 2. The van der Waals surface area contributed by atoms with E-state index >= 15 is 0 Å². The van der Waals surface area contributed by atoms with E-state index in [0.717, 1.165) is 12.0 Å². The summed E-state index contributed by atoms with van der Waals surface area (Å²) in [4.78, 5) is 21.6. The molecule has 5 nitrogen and oxygen atoms in total. The van der Waals surface area contributed by atoms with Gasteiger partial charge in [-0.2, -0.15) is 0 Å². The Labute approximate surface area is 143 Å². The molecule has 1 saturated carbocycles. The van der Waals surface area contributed by atoms with Crippen molar-refractivity contribution in [2.75, 3.05) is 6.54 Å². The smallest absolute Gasteiger partial charge is 0.313 e. The first-order chi connectivity index (χ1) is 11.2. The molecule has 0 amide bonds. The minimum Gasteiger partial charge on any atom is -0.313 e. The lowest BCUT2D eigenvalue weighted by Gasteiger charge is -2.56. The molecule has 6 heteroatoms. The Morgan fingerprint density at radius 3 is 2.58 bits per heavy atom. The Bertz CT molecular complexity index is 659. The van der Waals surface area contributed by atoms with Crippen LogP contribution < -0.4 is 5.32 Å². The molecule has 2 bridgehead atoms. The Hall–Kier alpha value is -0.710. The van der Waals surface area contributed by atoms with Gasteiger partial charge in [-0.25, -0.2) is 4.57 Å². The molecule has 1 aromatic rings. The summed E-state index contributed by atoms with van der Waals surface area (Å²) in [6.07, 6.45) is 8.41. The van der Waals surface area contributed by atoms with E-state index < -0.39 is 7.82 Å². The topological polar surface area (TPSA) is 89.8 Å². The third kappa shape index (κ3) is 3.33. The summed E-state index contributed by atoms with van der Waals surface area (Å²) in [6.45, 7) is 5.83. The molecule has 4 rings (SSSR count). The van der Waals surface area contributed by atoms with Gasteiger partial charge in [0.1, 0.15) is 0 Å². The highest BCUT2D eigenvalue weighted by Crippen LogP contribution is 2.54. The van der Waals surface area contributed by atoms with Gasteiger partial charge in [-0.15, -0.1) is 0 Å². The van der Waals surface area contributed by atoms with Crippen molar-refractivity contribution in [2.24, 2.45) is 5.92 Å². The minimum absolute atomic E-state index is 0.528. The molecule has 0 aromatic heterocycles. The van der Waals surface area contributed by atoms with E-state index in [1.165, 1.54) is 50.6 Å². The van der Waals surface area contributed by atoms with E-state index in [-0.39, 0.29) is 0 Å². The first kappa shape index (κ1) is 18.1. The average Bonchev–Trinajstić information content (AvgIpc) is 2.49. The van der Waals surface area contributed by atoms with Crippen molar-refractivity contribution in [1.82, 2.24) is 5.32 Å². The van der Waals surface area contributed by atoms with E-state index in [2.05, 4.69) is 31.3 Å². The molecule has 1 heterocycles. The number of nitrogens with one attached hydrogen (secondary N) is 1. The van der Waals surface area contributed by atoms with Crippen LogP contribution in [0.5, 0.6) is 0 Å². The second-order valence-corrected chi connectivity index (χ2v) is 8.60. The van der Waals surface area contributed by atoms with Crippen LogP contribution in [0.25, 0.3) is 0 Å². The monoisotopic (exact) mass is 353 g/mol. The fourth-order valence-corrected chi connectivity index (χ4v) is 5.29. The number of piperidine rings is 1. The van der Waals surface area contributed by atoms with Crippen molar-refractivity contribution < 1.29 is 19.2 Å². The molecule has 4 N–H and O–H groups in total. The Balaban J connectivity index is 0.000000300. The van der Waals surface area contributed by atoms with Crippen molar-refractivity contribution in [1.29, 1.82) is 0 Å². The average molecular weight is 353 g/mol. The molecule has 3 atom stereocenters. The van der Waals surface area contributed by atoms with Gasteiger partial charge in [0.05, 0.1) is 0 Å². The van der Waals surface area contributed by atoms with Crippen LogP contribution in [0.15, 0.2) is 12.1 Å². The van der Waals surface area contributed by atoms with Gasteiger partial charge in [0, 0.05) is 11.5 Å². The van der Waals surface area contributed by atoms with Gasteiger partial charge in [0.2, 0.25) is 0 Å². The van der Waals surface area contributed by atoms with Crippen molar-refractivity contribution in [3.05, 3.63) is 34.4 Å². The van der Waals surface area contributed by atoms with Crippen LogP contribution in [0.3, 0.4) is 0 Å². The predicted molar refractivity (Wildman–Crippen MR) is 93.9 cm³/mol. The Morgan fingerprint density at radius 2 is 1.88 bits per heavy atom. The first-order valence-corrected chi connectivity index (χ1v) is 10.4. The summed E-state index contributed by atoms with van der Waals surface area (Å²) in [7, 11) is -4.64. The van der Waals surface area contributed by atoms with Crippen molar-refractivity contribution in [3.8, 4) is 0 Å². The van der Waals surface area contributed by atoms with Crippen LogP contribution in [0, 0.1) is 19.8 Å². The molecule has 2 aliphatic carbocycles. The van der Waals surface area contributed by atoms with Gasteiger partial charge in [0.25, 0.3) is 0 Å². The zero-order valence-corrected chi connectivity index (χ0v) is 15.4. The zero-order valence-electron chi connectivity index (χ0n) is 14.5. The third-order valence-corrected chi connectivity index (χ3v) is 6.39. The van der Waals surface area contributed by atoms with Crippen LogP contribution in [0.2, 0.25) is 0 Å². The highest BCUT2D eigenvalue weighted by atomic mass is 31.2. The van der Waals surface area contributed by atoms with Crippen LogP contribution in [-0.4, -0.2) is 27.3 Å². The molecule has 3 aliphatic rings. The predicted octanol–water partition coefficient (Wildman–Crippen LogP) is 2.72. The molecule has 0 spiro atoms. The molecule has 0 radical (unpaired) electrons. The number of hydrogen-bond donors (Lipinski definition) is 4. The summed E-state index contributed by atoms with van der Waals surface area (Å²) in [5.41, 5.74) is 6.99. The molecule has 1 saturated heterocycles. The summed E-state index contributed by atoms with van der Waals surface area (Å²) in [5.74, 6) is 0.907. The molecule has 0 unspecified atom stereocenters. The summed E-state index contributed by atoms with van der Waals surface area (Å²) in [6, 6.07) is 5.61. The molecular weight excluding hydrogens is 325 g/mol. The van der Waals surface area contributed by atoms with Crippen LogP contribution in [0.1, 0.15) is 54.4 Å². The summed E-state index contributed by atoms with van der Waals surface area (Å²) in [5, 5.41) is 3.83. The van der Waals surface area contributed by atoms with Crippen LogP contribution in [0.4, 0.5) is 0 Å². The van der Waals surface area contributed by atoms with E-state index in [4.69, 9.17) is 19.2 Å². The number of benzene rings is 1. The largest absolute Gasteiger partial charge is 0.466 e. The van der Waals surface area contributed by atoms with Crippen LogP contribution >= 0.6 is 7.82 Å². The van der Waals surface area contributed by atoms with Gasteiger partial charge in [0.15, 0.2) is 0 Å². The molecule has 1 aromatic carbocycles. The number of fused-ring (bicyclic) bond motifs is 1. The second kappa shape index (κ2) is 6.54. The van der Waals surface area contributed by atoms with Crippen molar-refractivity contribution in [3.63, 3.8) is 0 Å². The van der Waals surface area contributed by atoms with E-state index in [9.17, 15) is 0 Å². The minimum atomic E-state index is -4.64. The van der Waals surface area contributed by atoms with E-state index in [1.807, 2.05) is 0 Å². The molecule has 2 fully saturated rings. The van der Waals surface area contributed by atoms with Crippen LogP contribution in [-0.2, 0) is 16.4 Å². The van der Waals surface area contributed by atoms with Gasteiger partial charge in [-0.05, 0) is 74.2 Å². The first-order valence-electron chi connectivity index (χ1n) is 8.83. The summed E-state index contributed by atoms with van der Waals surface area (Å²) >= 11 is 0. The Kier molecular flexibility index (Phi) is 4.93. The van der Waals surface area contributed by atoms with Crippen molar-refractivity contribution >= 4 is 7.82 Å². The lowest BCUT2D eigenvalue weighted by atomic mass is 9.52. The maximum atomic E-state index is 8.88. The molecular formula is C18H28NO4P. The second-order valence-electron chi connectivity index (χ2n) is 7.57. The van der Waals surface area contributed by atoms with E-state index in [1.54, 1.807) is 16.7 Å². The fraction of sp³-hybridized carbons (Fsp3) is 0.667. The Morgan fingerprint density at radius 1 is 1.17 bits per heavy atom. The normalized spacial score (nSPS) is 31.4. The maximum Gasteiger partial charge on any atom is 0.466 e. The van der Waals surface area contributed by atoms with Gasteiger partial charge in [-0.1, -0.05) is 25.0 Å². The highest BCUT2D eigenvalue weighted by molar-refractivity contribution is 7.45. The molecule has 1 aliphatic heterocycles. The highest BCUT2D eigenvalue weighted by Gasteiger charge is 2.51.